The second-order valence-electron chi connectivity index (χ2n) is 5.04. The Morgan fingerprint density at radius 2 is 2.04 bits per heavy atom. The van der Waals surface area contributed by atoms with Crippen LogP contribution in [-0.2, 0) is 6.18 Å². The zero-order valence-electron chi connectivity index (χ0n) is 13.0. The molecule has 25 heavy (non-hydrogen) atoms. The molecule has 3 aromatic rings. The zero-order chi connectivity index (χ0) is 18.0. The second kappa shape index (κ2) is 6.67. The van der Waals surface area contributed by atoms with E-state index >= 15 is 0 Å². The first-order valence-corrected chi connectivity index (χ1v) is 7.76. The SMILES string of the molecule is CCOc1ccc2ccccc2c1C=Nn1c(C(F)(F)F)n[nH]c1=S. The molecule has 0 spiro atoms. The second-order valence-corrected chi connectivity index (χ2v) is 5.42. The van der Waals surface area contributed by atoms with Gasteiger partial charge in [-0.3, -0.25) is 0 Å². The Bertz CT molecular complexity index is 991. The Balaban J connectivity index is 2.15. The fourth-order valence-electron chi connectivity index (χ4n) is 2.39. The Morgan fingerprint density at radius 1 is 1.28 bits per heavy atom. The number of nitrogens with one attached hydrogen (secondary N) is 1. The highest BCUT2D eigenvalue weighted by molar-refractivity contribution is 7.71. The van der Waals surface area contributed by atoms with Crippen LogP contribution >= 0.6 is 12.2 Å². The van der Waals surface area contributed by atoms with E-state index in [4.69, 9.17) is 17.0 Å². The van der Waals surface area contributed by atoms with Crippen molar-refractivity contribution in [2.45, 2.75) is 13.1 Å². The molecule has 9 heteroatoms. The molecule has 0 amide bonds. The molecule has 1 aromatic heterocycles. The van der Waals surface area contributed by atoms with Crippen LogP contribution in [0.25, 0.3) is 10.8 Å². The molecule has 2 aromatic carbocycles. The molecular formula is C16H13F3N4OS. The van der Waals surface area contributed by atoms with Crippen molar-refractivity contribution in [3.05, 3.63) is 52.6 Å². The van der Waals surface area contributed by atoms with E-state index < -0.39 is 12.0 Å². The molecule has 3 rings (SSSR count). The summed E-state index contributed by atoms with van der Waals surface area (Å²) in [5.41, 5.74) is 0.566. The van der Waals surface area contributed by atoms with E-state index in [9.17, 15) is 13.2 Å². The first kappa shape index (κ1) is 17.2. The van der Waals surface area contributed by atoms with Crippen LogP contribution in [0.4, 0.5) is 13.2 Å². The molecule has 0 bridgehead atoms. The number of benzene rings is 2. The fraction of sp³-hybridized carbons (Fsp3) is 0.188. The van der Waals surface area contributed by atoms with E-state index in [2.05, 4.69) is 15.3 Å². The van der Waals surface area contributed by atoms with Gasteiger partial charge in [-0.2, -0.15) is 22.9 Å². The molecule has 130 valence electrons. The Labute approximate surface area is 145 Å². The number of aromatic amines is 1. The minimum atomic E-state index is -4.67. The smallest absolute Gasteiger partial charge is 0.453 e. The van der Waals surface area contributed by atoms with E-state index in [0.29, 0.717) is 22.6 Å². The van der Waals surface area contributed by atoms with Crippen molar-refractivity contribution in [2.24, 2.45) is 5.10 Å². The summed E-state index contributed by atoms with van der Waals surface area (Å²) in [6.07, 6.45) is -3.37. The maximum atomic E-state index is 13.0. The van der Waals surface area contributed by atoms with Crippen molar-refractivity contribution >= 4 is 29.2 Å². The highest BCUT2D eigenvalue weighted by atomic mass is 32.1. The van der Waals surface area contributed by atoms with Gasteiger partial charge in [-0.25, -0.2) is 5.10 Å². The van der Waals surface area contributed by atoms with Crippen LogP contribution in [0.2, 0.25) is 0 Å². The summed E-state index contributed by atoms with van der Waals surface area (Å²) < 4.78 is 44.8. The zero-order valence-corrected chi connectivity index (χ0v) is 13.9. The van der Waals surface area contributed by atoms with E-state index in [0.717, 1.165) is 10.8 Å². The lowest BCUT2D eigenvalue weighted by atomic mass is 10.0. The van der Waals surface area contributed by atoms with Crippen LogP contribution in [0.15, 0.2) is 41.5 Å². The number of aromatic nitrogens is 3. The van der Waals surface area contributed by atoms with Crippen LogP contribution in [0.3, 0.4) is 0 Å². The molecule has 0 aliphatic rings. The van der Waals surface area contributed by atoms with Crippen molar-refractivity contribution < 1.29 is 17.9 Å². The van der Waals surface area contributed by atoms with Gasteiger partial charge in [-0.15, -0.1) is 5.10 Å². The Hall–Kier alpha value is -2.68. The number of rotatable bonds is 4. The van der Waals surface area contributed by atoms with Gasteiger partial charge in [-0.05, 0) is 36.0 Å². The van der Waals surface area contributed by atoms with Crippen LogP contribution in [0.1, 0.15) is 18.3 Å². The highest BCUT2D eigenvalue weighted by Gasteiger charge is 2.37. The standard InChI is InChI=1S/C16H13F3N4OS/c1-2-24-13-8-7-10-5-3-4-6-11(10)12(13)9-20-23-14(16(17,18)19)21-22-15(23)25/h3-9H,2H2,1H3,(H,22,25). The minimum absolute atomic E-state index is 0.248. The number of hydrogen-bond donors (Lipinski definition) is 1. The van der Waals surface area contributed by atoms with E-state index in [1.807, 2.05) is 37.3 Å². The monoisotopic (exact) mass is 366 g/mol. The molecule has 0 unspecified atom stereocenters. The molecule has 1 N–H and O–H groups in total. The van der Waals surface area contributed by atoms with Gasteiger partial charge < -0.3 is 4.74 Å². The van der Waals surface area contributed by atoms with Gasteiger partial charge in [0.05, 0.1) is 12.8 Å². The molecule has 1 heterocycles. The predicted octanol–water partition coefficient (Wildman–Crippen LogP) is 4.39. The average Bonchev–Trinajstić information content (AvgIpc) is 2.95. The number of hydrogen-bond acceptors (Lipinski definition) is 4. The lowest BCUT2D eigenvalue weighted by molar-refractivity contribution is -0.147. The molecule has 5 nitrogen and oxygen atoms in total. The average molecular weight is 366 g/mol. The van der Waals surface area contributed by atoms with Crippen LogP contribution < -0.4 is 4.74 Å². The van der Waals surface area contributed by atoms with Gasteiger partial charge in [0.1, 0.15) is 5.75 Å². The summed E-state index contributed by atoms with van der Waals surface area (Å²) >= 11 is 4.84. The van der Waals surface area contributed by atoms with Gasteiger partial charge in [-0.1, -0.05) is 30.3 Å². The third-order valence-corrected chi connectivity index (χ3v) is 3.70. The van der Waals surface area contributed by atoms with E-state index in [1.165, 1.54) is 6.21 Å². The van der Waals surface area contributed by atoms with Crippen LogP contribution in [0.5, 0.6) is 5.75 Å². The largest absolute Gasteiger partial charge is 0.493 e. The van der Waals surface area contributed by atoms with E-state index in [1.54, 1.807) is 6.07 Å². The molecule has 0 aliphatic heterocycles. The molecule has 0 aliphatic carbocycles. The summed E-state index contributed by atoms with van der Waals surface area (Å²) in [6, 6.07) is 11.1. The highest BCUT2D eigenvalue weighted by Crippen LogP contribution is 2.29. The molecule has 0 saturated carbocycles. The molecule has 0 fully saturated rings. The lowest BCUT2D eigenvalue weighted by Crippen LogP contribution is -2.13. The summed E-state index contributed by atoms with van der Waals surface area (Å²) in [5, 5.41) is 10.9. The van der Waals surface area contributed by atoms with Gasteiger partial charge in [0, 0.05) is 5.56 Å². The summed E-state index contributed by atoms with van der Waals surface area (Å²) in [7, 11) is 0. The third-order valence-electron chi connectivity index (χ3n) is 3.44. The number of ether oxygens (including phenoxy) is 1. The van der Waals surface area contributed by atoms with Gasteiger partial charge in [0.15, 0.2) is 0 Å². The number of halogens is 3. The number of alkyl halides is 3. The molecular weight excluding hydrogens is 353 g/mol. The van der Waals surface area contributed by atoms with Gasteiger partial charge in [0.2, 0.25) is 4.77 Å². The van der Waals surface area contributed by atoms with Crippen molar-refractivity contribution in [1.29, 1.82) is 0 Å². The first-order valence-electron chi connectivity index (χ1n) is 7.35. The molecule has 0 atom stereocenters. The number of H-pyrrole nitrogens is 1. The normalized spacial score (nSPS) is 12.2. The van der Waals surface area contributed by atoms with E-state index in [-0.39, 0.29) is 4.77 Å². The molecule has 0 radical (unpaired) electrons. The minimum Gasteiger partial charge on any atom is -0.493 e. The van der Waals surface area contributed by atoms with Crippen molar-refractivity contribution in [2.75, 3.05) is 6.61 Å². The van der Waals surface area contributed by atoms with Gasteiger partial charge >= 0.3 is 6.18 Å². The van der Waals surface area contributed by atoms with Crippen molar-refractivity contribution in [1.82, 2.24) is 14.9 Å². The maximum Gasteiger partial charge on any atom is 0.453 e. The van der Waals surface area contributed by atoms with Gasteiger partial charge in [0.25, 0.3) is 5.82 Å². The Kier molecular flexibility index (Phi) is 4.58. The summed E-state index contributed by atoms with van der Waals surface area (Å²) in [4.78, 5) is 0. The third kappa shape index (κ3) is 3.41. The number of fused-ring (bicyclic) bond motifs is 1. The molecule has 0 saturated heterocycles. The predicted molar refractivity (Wildman–Crippen MR) is 90.5 cm³/mol. The van der Waals surface area contributed by atoms with Crippen molar-refractivity contribution in [3.63, 3.8) is 0 Å². The Morgan fingerprint density at radius 3 is 2.76 bits per heavy atom. The van der Waals surface area contributed by atoms with Crippen LogP contribution in [-0.4, -0.2) is 27.7 Å². The first-order chi connectivity index (χ1) is 11.9. The van der Waals surface area contributed by atoms with Crippen molar-refractivity contribution in [3.8, 4) is 5.75 Å². The lowest BCUT2D eigenvalue weighted by Gasteiger charge is -2.10. The quantitative estimate of drug-likeness (QED) is 0.550. The summed E-state index contributed by atoms with van der Waals surface area (Å²) in [6.45, 7) is 2.24. The number of nitrogens with zero attached hydrogens (tertiary/aromatic N) is 3. The van der Waals surface area contributed by atoms with Crippen LogP contribution in [0, 0.1) is 4.77 Å². The fourth-order valence-corrected chi connectivity index (χ4v) is 2.57. The maximum absolute atomic E-state index is 13.0. The summed E-state index contributed by atoms with van der Waals surface area (Å²) in [5.74, 6) is -0.694. The topological polar surface area (TPSA) is 55.2 Å².